The second-order valence-electron chi connectivity index (χ2n) is 5.94. The van der Waals surface area contributed by atoms with Crippen LogP contribution in [0.15, 0.2) is 42.5 Å². The van der Waals surface area contributed by atoms with Gasteiger partial charge in [0.05, 0.1) is 12.6 Å². The molecule has 0 spiro atoms. The Kier molecular flexibility index (Phi) is 4.41. The van der Waals surface area contributed by atoms with Gasteiger partial charge in [-0.15, -0.1) is 0 Å². The second kappa shape index (κ2) is 6.46. The van der Waals surface area contributed by atoms with Gasteiger partial charge < -0.3 is 15.3 Å². The number of likely N-dealkylation sites (N-methyl/N-ethyl adjacent to an activating group) is 1. The summed E-state index contributed by atoms with van der Waals surface area (Å²) in [6.45, 7) is 1.44. The fourth-order valence-electron chi connectivity index (χ4n) is 3.25. The largest absolute Gasteiger partial charge is 0.391 e. The van der Waals surface area contributed by atoms with Crippen LogP contribution in [-0.4, -0.2) is 48.7 Å². The molecule has 22 heavy (non-hydrogen) atoms. The zero-order chi connectivity index (χ0) is 15.5. The fourth-order valence-corrected chi connectivity index (χ4v) is 3.25. The van der Waals surface area contributed by atoms with Crippen LogP contribution in [0.1, 0.15) is 17.9 Å². The summed E-state index contributed by atoms with van der Waals surface area (Å²) in [5, 5.41) is 15.7. The van der Waals surface area contributed by atoms with Crippen molar-refractivity contribution in [3.63, 3.8) is 0 Å². The summed E-state index contributed by atoms with van der Waals surface area (Å²) in [6.07, 6.45) is 0.297. The van der Waals surface area contributed by atoms with Gasteiger partial charge in [-0.1, -0.05) is 42.5 Å². The lowest BCUT2D eigenvalue weighted by Gasteiger charge is -2.36. The van der Waals surface area contributed by atoms with E-state index in [1.165, 1.54) is 10.8 Å². The number of rotatable bonds is 3. The van der Waals surface area contributed by atoms with Crippen molar-refractivity contribution in [3.8, 4) is 0 Å². The number of aliphatic hydroxyl groups excluding tert-OH is 1. The van der Waals surface area contributed by atoms with Crippen molar-refractivity contribution in [1.29, 1.82) is 0 Å². The van der Waals surface area contributed by atoms with E-state index in [1.54, 1.807) is 11.9 Å². The first-order valence-electron chi connectivity index (χ1n) is 7.78. The number of carbonyl (C=O) groups is 1. The van der Waals surface area contributed by atoms with Crippen molar-refractivity contribution in [1.82, 2.24) is 10.2 Å². The van der Waals surface area contributed by atoms with Crippen molar-refractivity contribution >= 4 is 16.7 Å². The van der Waals surface area contributed by atoms with E-state index in [1.807, 2.05) is 12.1 Å². The molecule has 2 aromatic rings. The third kappa shape index (κ3) is 2.98. The summed E-state index contributed by atoms with van der Waals surface area (Å²) in [5.41, 5.74) is 1.16. The minimum absolute atomic E-state index is 0.0542. The number of nitrogens with zero attached hydrogens (tertiary/aromatic N) is 1. The molecule has 0 aliphatic carbocycles. The monoisotopic (exact) mass is 298 g/mol. The van der Waals surface area contributed by atoms with Gasteiger partial charge in [0.1, 0.15) is 0 Å². The van der Waals surface area contributed by atoms with E-state index in [0.29, 0.717) is 19.6 Å². The molecule has 1 saturated heterocycles. The molecule has 0 bridgehead atoms. The lowest BCUT2D eigenvalue weighted by atomic mass is 9.86. The minimum atomic E-state index is -0.504. The van der Waals surface area contributed by atoms with Crippen molar-refractivity contribution in [2.24, 2.45) is 0 Å². The maximum absolute atomic E-state index is 11.9. The first-order valence-corrected chi connectivity index (χ1v) is 7.78. The van der Waals surface area contributed by atoms with E-state index in [0.717, 1.165) is 12.0 Å². The molecule has 1 heterocycles. The van der Waals surface area contributed by atoms with Gasteiger partial charge >= 0.3 is 0 Å². The van der Waals surface area contributed by atoms with Crippen LogP contribution in [0.3, 0.4) is 0 Å². The Morgan fingerprint density at radius 1 is 1.27 bits per heavy atom. The normalized spacial score (nSPS) is 22.0. The molecule has 1 aliphatic rings. The van der Waals surface area contributed by atoms with E-state index in [2.05, 4.69) is 35.6 Å². The van der Waals surface area contributed by atoms with Crippen LogP contribution in [0.4, 0.5) is 0 Å². The molecular weight excluding hydrogens is 276 g/mol. The molecular formula is C18H22N2O2. The second-order valence-corrected chi connectivity index (χ2v) is 5.94. The molecule has 116 valence electrons. The molecule has 1 aliphatic heterocycles. The van der Waals surface area contributed by atoms with Gasteiger partial charge in [-0.25, -0.2) is 0 Å². The number of amides is 1. The average Bonchev–Trinajstić information content (AvgIpc) is 2.54. The Morgan fingerprint density at radius 2 is 2.05 bits per heavy atom. The third-order valence-corrected chi connectivity index (χ3v) is 4.46. The van der Waals surface area contributed by atoms with Crippen LogP contribution in [0.5, 0.6) is 0 Å². The highest BCUT2D eigenvalue weighted by molar-refractivity contribution is 5.83. The molecule has 1 amide bonds. The maximum atomic E-state index is 11.9. The lowest BCUT2D eigenvalue weighted by Crippen LogP contribution is -2.48. The molecule has 4 nitrogen and oxygen atoms in total. The molecule has 2 atom stereocenters. The number of nitrogens with one attached hydrogen (secondary N) is 1. The molecule has 2 N–H and O–H groups in total. The highest BCUT2D eigenvalue weighted by Gasteiger charge is 2.30. The topological polar surface area (TPSA) is 52.6 Å². The Morgan fingerprint density at radius 3 is 2.77 bits per heavy atom. The quantitative estimate of drug-likeness (QED) is 0.907. The van der Waals surface area contributed by atoms with Crippen LogP contribution < -0.4 is 5.32 Å². The van der Waals surface area contributed by atoms with Crippen LogP contribution in [-0.2, 0) is 4.79 Å². The van der Waals surface area contributed by atoms with Crippen LogP contribution in [0.25, 0.3) is 10.8 Å². The van der Waals surface area contributed by atoms with Gasteiger partial charge in [0.2, 0.25) is 5.91 Å². The van der Waals surface area contributed by atoms with Gasteiger partial charge in [0, 0.05) is 19.0 Å². The minimum Gasteiger partial charge on any atom is -0.391 e. The molecule has 3 rings (SSSR count). The van der Waals surface area contributed by atoms with Gasteiger partial charge in [-0.05, 0) is 29.8 Å². The van der Waals surface area contributed by atoms with Gasteiger partial charge in [0.15, 0.2) is 0 Å². The average molecular weight is 298 g/mol. The maximum Gasteiger partial charge on any atom is 0.236 e. The Hall–Kier alpha value is -1.91. The number of fused-ring (bicyclic) bond motifs is 1. The number of hydrogen-bond acceptors (Lipinski definition) is 3. The van der Waals surface area contributed by atoms with E-state index in [4.69, 9.17) is 0 Å². The van der Waals surface area contributed by atoms with E-state index >= 15 is 0 Å². The molecule has 0 unspecified atom stereocenters. The van der Waals surface area contributed by atoms with Gasteiger partial charge in [-0.3, -0.25) is 4.79 Å². The molecule has 0 radical (unpaired) electrons. The lowest BCUT2D eigenvalue weighted by molar-refractivity contribution is -0.133. The van der Waals surface area contributed by atoms with Crippen molar-refractivity contribution in [2.75, 3.05) is 26.7 Å². The van der Waals surface area contributed by atoms with Gasteiger partial charge in [-0.2, -0.15) is 0 Å². The molecule has 1 fully saturated rings. The molecule has 0 saturated carbocycles. The van der Waals surface area contributed by atoms with E-state index < -0.39 is 6.10 Å². The van der Waals surface area contributed by atoms with Crippen molar-refractivity contribution in [3.05, 3.63) is 48.0 Å². The Labute approximate surface area is 130 Å². The fraction of sp³-hybridized carbons (Fsp3) is 0.389. The predicted molar refractivity (Wildman–Crippen MR) is 87.8 cm³/mol. The SMILES string of the molecule is CNCC(=O)N1CC[C@@H](c2ccc3ccccc3c2)[C@H](O)C1. The van der Waals surface area contributed by atoms with Crippen LogP contribution in [0, 0.1) is 0 Å². The van der Waals surface area contributed by atoms with Crippen molar-refractivity contribution in [2.45, 2.75) is 18.4 Å². The van der Waals surface area contributed by atoms with Crippen molar-refractivity contribution < 1.29 is 9.90 Å². The van der Waals surface area contributed by atoms with Crippen LogP contribution in [0.2, 0.25) is 0 Å². The summed E-state index contributed by atoms with van der Waals surface area (Å²) in [4.78, 5) is 13.7. The van der Waals surface area contributed by atoms with Gasteiger partial charge in [0.25, 0.3) is 0 Å². The van der Waals surface area contributed by atoms with E-state index in [9.17, 15) is 9.90 Å². The third-order valence-electron chi connectivity index (χ3n) is 4.46. The van der Waals surface area contributed by atoms with Crippen LogP contribution >= 0.6 is 0 Å². The summed E-state index contributed by atoms with van der Waals surface area (Å²) in [5.74, 6) is 0.154. The summed E-state index contributed by atoms with van der Waals surface area (Å²) in [7, 11) is 1.76. The summed E-state index contributed by atoms with van der Waals surface area (Å²) in [6, 6.07) is 14.6. The first-order chi connectivity index (χ1) is 10.7. The number of benzene rings is 2. The molecule has 0 aromatic heterocycles. The highest BCUT2D eigenvalue weighted by Crippen LogP contribution is 2.30. The summed E-state index contributed by atoms with van der Waals surface area (Å²) < 4.78 is 0. The zero-order valence-electron chi connectivity index (χ0n) is 12.8. The zero-order valence-corrected chi connectivity index (χ0v) is 12.8. The number of carbonyl (C=O) groups excluding carboxylic acids is 1. The number of likely N-dealkylation sites (tertiary alicyclic amines) is 1. The number of β-amino-alcohol motifs (C(OH)–C–C–N with tert-alkyl or cyclic N) is 1. The molecule has 2 aromatic carbocycles. The molecule has 4 heteroatoms. The predicted octanol–water partition coefficient (Wildman–Crippen LogP) is 1.74. The number of hydrogen-bond donors (Lipinski definition) is 2. The number of aliphatic hydroxyl groups is 1. The smallest absolute Gasteiger partial charge is 0.236 e. The van der Waals surface area contributed by atoms with E-state index in [-0.39, 0.29) is 11.8 Å². The first kappa shape index (κ1) is 15.0. The highest BCUT2D eigenvalue weighted by atomic mass is 16.3. The standard InChI is InChI=1S/C18H22N2O2/c1-19-11-18(22)20-9-8-16(17(21)12-20)15-7-6-13-4-2-3-5-14(13)10-15/h2-7,10,16-17,19,21H,8-9,11-12H2,1H3/t16-,17+/m0/s1. The Balaban J connectivity index is 1.76. The Bertz CT molecular complexity index is 671. The number of piperidine rings is 1. The summed E-state index contributed by atoms with van der Waals surface area (Å²) >= 11 is 0.